The molecule has 1 aromatic heterocycles. The average Bonchev–Trinajstić information content (AvgIpc) is 3.49. The Hall–Kier alpha value is -1.55. The number of carbonyl (C=O) groups excluding carboxylic acids is 1. The van der Waals surface area contributed by atoms with Crippen LogP contribution in [0.4, 0.5) is 0 Å². The first-order valence-electron chi connectivity index (χ1n) is 13.8. The maximum absolute atomic E-state index is 12.9. The molecule has 10 heteroatoms. The van der Waals surface area contributed by atoms with Crippen molar-refractivity contribution >= 4 is 41.0 Å². The highest BCUT2D eigenvalue weighted by Crippen LogP contribution is 2.38. The summed E-state index contributed by atoms with van der Waals surface area (Å²) in [6.45, 7) is 8.72. The minimum atomic E-state index is -0.909. The highest BCUT2D eigenvalue weighted by Gasteiger charge is 2.44. The first-order chi connectivity index (χ1) is 18.9. The van der Waals surface area contributed by atoms with Crippen molar-refractivity contribution in [2.45, 2.75) is 96.4 Å². The second-order valence-electron chi connectivity index (χ2n) is 9.66. The van der Waals surface area contributed by atoms with Gasteiger partial charge in [0.15, 0.2) is 0 Å². The normalized spacial score (nSPS) is 24.8. The van der Waals surface area contributed by atoms with Crippen molar-refractivity contribution in [3.05, 3.63) is 58.3 Å². The summed E-state index contributed by atoms with van der Waals surface area (Å²) in [5, 5.41) is 12.7. The molecular formula is C29H43Cl2N3O4S. The lowest BCUT2D eigenvalue weighted by atomic mass is 10.0. The molecule has 7 nitrogen and oxygen atoms in total. The Labute approximate surface area is 246 Å². The van der Waals surface area contributed by atoms with E-state index in [-0.39, 0.29) is 12.1 Å². The smallest absolute Gasteiger partial charge is 0.122 e. The Bertz CT molecular complexity index is 990. The molecule has 0 spiro atoms. The molecule has 3 aliphatic rings. The van der Waals surface area contributed by atoms with Crippen LogP contribution in [0.5, 0.6) is 5.75 Å². The van der Waals surface area contributed by atoms with E-state index in [1.807, 2.05) is 51.8 Å². The fourth-order valence-electron chi connectivity index (χ4n) is 5.35. The third kappa shape index (κ3) is 10.4. The molecule has 5 rings (SSSR count). The van der Waals surface area contributed by atoms with Crippen LogP contribution in [0, 0.1) is 6.92 Å². The average molecular weight is 601 g/mol. The van der Waals surface area contributed by atoms with Crippen molar-refractivity contribution in [3.63, 3.8) is 0 Å². The molecule has 3 saturated heterocycles. The van der Waals surface area contributed by atoms with E-state index in [0.717, 1.165) is 74.2 Å². The molecule has 0 saturated carbocycles. The Morgan fingerprint density at radius 2 is 1.72 bits per heavy atom. The Morgan fingerprint density at radius 1 is 1.08 bits per heavy atom. The Kier molecular flexibility index (Phi) is 15.5. The summed E-state index contributed by atoms with van der Waals surface area (Å²) < 4.78 is 21.3. The Morgan fingerprint density at radius 3 is 2.26 bits per heavy atom. The molecule has 4 atom stereocenters. The van der Waals surface area contributed by atoms with Gasteiger partial charge in [0.1, 0.15) is 18.6 Å². The number of aryl methyl sites for hydroxylation is 1. The number of nitrogens with zero attached hydrogens (tertiary/aromatic N) is 3. The van der Waals surface area contributed by atoms with Gasteiger partial charge in [0, 0.05) is 65.7 Å². The fraction of sp³-hybridized carbons (Fsp3) is 0.586. The van der Waals surface area contributed by atoms with Crippen molar-refractivity contribution in [3.8, 4) is 5.75 Å². The predicted molar refractivity (Wildman–Crippen MR) is 160 cm³/mol. The maximum Gasteiger partial charge on any atom is 0.122 e. The summed E-state index contributed by atoms with van der Waals surface area (Å²) in [6, 6.07) is 10.3. The number of carbonyl (C=O) groups is 1. The topological polar surface area (TPSA) is 83.0 Å². The standard InChI is InChI=1S/C19H29N3O3S.C7H6Cl2.C2H6.CH2O/c23-21-11-1-3-15(21)4-2-12-26(24)22-16-5-6-17(22)14-19(13-16)25-18-7-9-20-10-8-18;1-5-2-3-6(8)4-7(5)9;2*1-2/h7-10,15-17,19,23H,1-6,11-14H2;2-4H,1H3;1-2H3;1H2. The SMILES string of the molecule is C=O.CC.Cc1ccc(Cl)cc1Cl.O=S(CCCC1CCCN1O)N1C2CCC1CC(Oc1ccncc1)C2. The van der Waals surface area contributed by atoms with Gasteiger partial charge in [-0.15, -0.1) is 0 Å². The number of pyridine rings is 1. The number of ether oxygens (including phenoxy) is 1. The summed E-state index contributed by atoms with van der Waals surface area (Å²) in [5.74, 6) is 1.59. The van der Waals surface area contributed by atoms with Gasteiger partial charge in [0.25, 0.3) is 0 Å². The van der Waals surface area contributed by atoms with Crippen LogP contribution in [0.3, 0.4) is 0 Å². The highest BCUT2D eigenvalue weighted by atomic mass is 35.5. The zero-order valence-corrected chi connectivity index (χ0v) is 25.6. The monoisotopic (exact) mass is 599 g/mol. The Balaban J connectivity index is 0.000000345. The highest BCUT2D eigenvalue weighted by molar-refractivity contribution is 7.82. The molecule has 0 amide bonds. The number of hydroxylamine groups is 2. The van der Waals surface area contributed by atoms with E-state index in [4.69, 9.17) is 32.7 Å². The van der Waals surface area contributed by atoms with Crippen molar-refractivity contribution < 1.29 is 18.9 Å². The zero-order valence-electron chi connectivity index (χ0n) is 23.3. The van der Waals surface area contributed by atoms with Crippen LogP contribution in [0.1, 0.15) is 70.8 Å². The van der Waals surface area contributed by atoms with E-state index in [1.54, 1.807) is 18.5 Å². The largest absolute Gasteiger partial charge is 0.490 e. The number of fused-ring (bicyclic) bond motifs is 2. The van der Waals surface area contributed by atoms with Gasteiger partial charge in [-0.2, -0.15) is 5.06 Å². The lowest BCUT2D eigenvalue weighted by molar-refractivity contribution is -0.104. The van der Waals surface area contributed by atoms with E-state index in [2.05, 4.69) is 9.29 Å². The second kappa shape index (κ2) is 18.0. The van der Waals surface area contributed by atoms with Gasteiger partial charge in [-0.05, 0) is 75.3 Å². The molecule has 0 aliphatic carbocycles. The molecule has 0 radical (unpaired) electrons. The molecule has 218 valence electrons. The van der Waals surface area contributed by atoms with Crippen molar-refractivity contribution in [1.29, 1.82) is 0 Å². The van der Waals surface area contributed by atoms with Gasteiger partial charge in [0.05, 0.1) is 11.0 Å². The summed E-state index contributed by atoms with van der Waals surface area (Å²) in [5.41, 5.74) is 1.06. The quantitative estimate of drug-likeness (QED) is 0.373. The number of rotatable bonds is 7. The van der Waals surface area contributed by atoms with Gasteiger partial charge >= 0.3 is 0 Å². The van der Waals surface area contributed by atoms with Crippen LogP contribution in [-0.4, -0.2) is 67.1 Å². The van der Waals surface area contributed by atoms with Gasteiger partial charge in [-0.1, -0.05) is 43.1 Å². The fourth-order valence-corrected chi connectivity index (χ4v) is 7.43. The minimum absolute atomic E-state index is 0.213. The summed E-state index contributed by atoms with van der Waals surface area (Å²) in [6.07, 6.45) is 11.9. The predicted octanol–water partition coefficient (Wildman–Crippen LogP) is 6.90. The number of benzene rings is 1. The van der Waals surface area contributed by atoms with E-state index < -0.39 is 11.0 Å². The third-order valence-electron chi connectivity index (χ3n) is 7.15. The van der Waals surface area contributed by atoms with Crippen LogP contribution >= 0.6 is 23.2 Å². The lowest BCUT2D eigenvalue weighted by Crippen LogP contribution is -2.47. The number of hydrogen-bond donors (Lipinski definition) is 1. The van der Waals surface area contributed by atoms with Crippen LogP contribution in [0.25, 0.3) is 0 Å². The van der Waals surface area contributed by atoms with Gasteiger partial charge in [-0.3, -0.25) is 4.98 Å². The molecule has 39 heavy (non-hydrogen) atoms. The van der Waals surface area contributed by atoms with Gasteiger partial charge in [0.2, 0.25) is 0 Å². The molecular weight excluding hydrogens is 557 g/mol. The molecule has 3 aliphatic heterocycles. The molecule has 4 heterocycles. The van der Waals surface area contributed by atoms with Crippen molar-refractivity contribution in [1.82, 2.24) is 14.4 Å². The van der Waals surface area contributed by atoms with E-state index in [1.165, 1.54) is 5.06 Å². The summed E-state index contributed by atoms with van der Waals surface area (Å²) in [7, 11) is -0.909. The molecule has 1 N–H and O–H groups in total. The van der Waals surface area contributed by atoms with E-state index in [9.17, 15) is 9.42 Å². The summed E-state index contributed by atoms with van der Waals surface area (Å²) >= 11 is 11.4. The lowest BCUT2D eigenvalue weighted by Gasteiger charge is -2.37. The molecule has 2 bridgehead atoms. The zero-order chi connectivity index (χ0) is 28.8. The second-order valence-corrected chi connectivity index (χ2v) is 12.0. The third-order valence-corrected chi connectivity index (χ3v) is 9.49. The number of aromatic nitrogens is 1. The van der Waals surface area contributed by atoms with Gasteiger partial charge in [-0.25, -0.2) is 8.51 Å². The van der Waals surface area contributed by atoms with Crippen LogP contribution in [0.2, 0.25) is 10.0 Å². The molecule has 3 fully saturated rings. The van der Waals surface area contributed by atoms with Crippen LogP contribution in [0.15, 0.2) is 42.7 Å². The van der Waals surface area contributed by atoms with Gasteiger partial charge < -0.3 is 14.7 Å². The van der Waals surface area contributed by atoms with Crippen molar-refractivity contribution in [2.75, 3.05) is 12.3 Å². The minimum Gasteiger partial charge on any atom is -0.490 e. The summed E-state index contributed by atoms with van der Waals surface area (Å²) in [4.78, 5) is 12.0. The molecule has 1 aromatic carbocycles. The van der Waals surface area contributed by atoms with Crippen molar-refractivity contribution in [2.24, 2.45) is 0 Å². The maximum atomic E-state index is 12.9. The molecule has 4 unspecified atom stereocenters. The van der Waals surface area contributed by atoms with Crippen LogP contribution in [-0.2, 0) is 15.8 Å². The van der Waals surface area contributed by atoms with E-state index >= 15 is 0 Å². The first kappa shape index (κ1) is 33.7. The molecule has 2 aromatic rings. The van der Waals surface area contributed by atoms with Crippen LogP contribution < -0.4 is 4.74 Å². The first-order valence-corrected chi connectivity index (χ1v) is 15.8. The van der Waals surface area contributed by atoms with E-state index in [0.29, 0.717) is 22.9 Å². The number of hydrogen-bond acceptors (Lipinski definition) is 6. The number of halogens is 2. The number of piperidine rings is 1.